The Morgan fingerprint density at radius 2 is 2.06 bits per heavy atom. The van der Waals surface area contributed by atoms with Crippen molar-refractivity contribution in [2.75, 3.05) is 33.2 Å². The third-order valence-electron chi connectivity index (χ3n) is 6.44. The second-order valence-corrected chi connectivity index (χ2v) is 9.56. The minimum atomic E-state index is 0. The van der Waals surface area contributed by atoms with Gasteiger partial charge in [0.05, 0.1) is 5.01 Å². The number of aliphatic imine (C=N–C) groups is 1. The van der Waals surface area contributed by atoms with Crippen LogP contribution in [0.4, 0.5) is 0 Å². The topological polar surface area (TPSA) is 43.8 Å². The maximum absolute atomic E-state index is 4.59. The second-order valence-electron chi connectivity index (χ2n) is 8.62. The Balaban J connectivity index is 0.00000272. The number of likely N-dealkylation sites (tertiary alicyclic amines) is 2. The summed E-state index contributed by atoms with van der Waals surface area (Å²) < 4.78 is 0. The molecule has 0 amide bonds. The Morgan fingerprint density at radius 3 is 2.81 bits per heavy atom. The van der Waals surface area contributed by atoms with E-state index in [0.29, 0.717) is 6.04 Å². The molecule has 7 heteroatoms. The molecule has 0 bridgehead atoms. The summed E-state index contributed by atoms with van der Waals surface area (Å²) in [5.41, 5.74) is 2.57. The molecule has 2 aliphatic rings. The molecule has 2 aromatic rings. The molecule has 2 fully saturated rings. The summed E-state index contributed by atoms with van der Waals surface area (Å²) in [7, 11) is 1.92. The van der Waals surface area contributed by atoms with Crippen molar-refractivity contribution < 1.29 is 0 Å². The number of halogens is 1. The minimum Gasteiger partial charge on any atom is -0.356 e. The van der Waals surface area contributed by atoms with E-state index in [4.69, 9.17) is 0 Å². The number of rotatable bonds is 6. The first-order chi connectivity index (χ1) is 14.7. The second kappa shape index (κ2) is 12.2. The van der Waals surface area contributed by atoms with Crippen molar-refractivity contribution in [2.24, 2.45) is 10.9 Å². The van der Waals surface area contributed by atoms with Gasteiger partial charge in [-0.25, -0.2) is 4.98 Å². The Kier molecular flexibility index (Phi) is 9.59. The van der Waals surface area contributed by atoms with Crippen LogP contribution in [0.1, 0.15) is 41.9 Å². The zero-order valence-electron chi connectivity index (χ0n) is 18.8. The predicted octanol–water partition coefficient (Wildman–Crippen LogP) is 4.56. The van der Waals surface area contributed by atoms with Crippen molar-refractivity contribution in [3.8, 4) is 0 Å². The van der Waals surface area contributed by atoms with Crippen molar-refractivity contribution in [1.29, 1.82) is 0 Å². The number of hydrogen-bond donors (Lipinski definition) is 1. The summed E-state index contributed by atoms with van der Waals surface area (Å²) in [5.74, 6) is 1.82. The number of piperidine rings is 2. The van der Waals surface area contributed by atoms with Crippen molar-refractivity contribution in [1.82, 2.24) is 20.1 Å². The molecule has 2 atom stereocenters. The van der Waals surface area contributed by atoms with Gasteiger partial charge in [-0.3, -0.25) is 9.89 Å². The van der Waals surface area contributed by atoms with E-state index < -0.39 is 0 Å². The number of hydrogen-bond acceptors (Lipinski definition) is 4. The van der Waals surface area contributed by atoms with Crippen LogP contribution in [0.2, 0.25) is 0 Å². The number of aromatic nitrogens is 1. The Hall–Kier alpha value is -1.19. The van der Waals surface area contributed by atoms with Crippen LogP contribution in [-0.2, 0) is 13.0 Å². The molecule has 0 aliphatic carbocycles. The van der Waals surface area contributed by atoms with Crippen molar-refractivity contribution in [3.63, 3.8) is 0 Å². The fraction of sp³-hybridized carbons (Fsp3) is 0.583. The van der Waals surface area contributed by atoms with Gasteiger partial charge in [-0.2, -0.15) is 0 Å². The van der Waals surface area contributed by atoms with Gasteiger partial charge in [0.2, 0.25) is 0 Å². The van der Waals surface area contributed by atoms with Gasteiger partial charge in [-0.15, -0.1) is 35.3 Å². The molecule has 3 heterocycles. The zero-order valence-corrected chi connectivity index (χ0v) is 21.9. The average molecular weight is 554 g/mol. The first kappa shape index (κ1) is 24.5. The van der Waals surface area contributed by atoms with Crippen molar-refractivity contribution >= 4 is 41.3 Å². The molecule has 1 N–H and O–H groups in total. The summed E-state index contributed by atoms with van der Waals surface area (Å²) in [6, 6.07) is 11.7. The van der Waals surface area contributed by atoms with E-state index in [-0.39, 0.29) is 24.0 Å². The van der Waals surface area contributed by atoms with Gasteiger partial charge in [0.25, 0.3) is 0 Å². The summed E-state index contributed by atoms with van der Waals surface area (Å²) in [6.07, 6.45) is 6.02. The van der Waals surface area contributed by atoms with Gasteiger partial charge < -0.3 is 10.2 Å². The van der Waals surface area contributed by atoms with Crippen LogP contribution < -0.4 is 5.32 Å². The molecule has 1 aromatic carbocycles. The SMILES string of the molecule is CN=C(NCCCc1nc(C)cs1)N1CCC2C(CCCN2Cc2ccccc2)C1.I. The lowest BCUT2D eigenvalue weighted by Gasteiger charge is -2.48. The number of benzene rings is 1. The monoisotopic (exact) mass is 553 g/mol. The van der Waals surface area contributed by atoms with Crippen molar-refractivity contribution in [2.45, 2.75) is 51.6 Å². The highest BCUT2D eigenvalue weighted by Crippen LogP contribution is 2.31. The van der Waals surface area contributed by atoms with Crippen LogP contribution in [0.15, 0.2) is 40.7 Å². The van der Waals surface area contributed by atoms with Crippen LogP contribution in [0, 0.1) is 12.8 Å². The van der Waals surface area contributed by atoms with E-state index in [1.807, 2.05) is 7.05 Å². The zero-order chi connectivity index (χ0) is 20.8. The van der Waals surface area contributed by atoms with Crippen LogP contribution >= 0.6 is 35.3 Å². The summed E-state index contributed by atoms with van der Waals surface area (Å²) >= 11 is 1.77. The van der Waals surface area contributed by atoms with E-state index >= 15 is 0 Å². The summed E-state index contributed by atoms with van der Waals surface area (Å²) in [4.78, 5) is 14.4. The highest BCUT2D eigenvalue weighted by molar-refractivity contribution is 14.0. The van der Waals surface area contributed by atoms with Crippen LogP contribution in [-0.4, -0.2) is 60.0 Å². The van der Waals surface area contributed by atoms with Crippen LogP contribution in [0.5, 0.6) is 0 Å². The quantitative estimate of drug-likeness (QED) is 0.247. The normalized spacial score (nSPS) is 22.0. The maximum atomic E-state index is 4.59. The van der Waals surface area contributed by atoms with Gasteiger partial charge >= 0.3 is 0 Å². The lowest BCUT2D eigenvalue weighted by molar-refractivity contribution is 0.0372. The molecule has 2 saturated heterocycles. The largest absolute Gasteiger partial charge is 0.356 e. The number of guanidine groups is 1. The molecule has 4 rings (SSSR count). The highest BCUT2D eigenvalue weighted by Gasteiger charge is 2.36. The van der Waals surface area contributed by atoms with Gasteiger partial charge in [-0.05, 0) is 50.6 Å². The fourth-order valence-electron chi connectivity index (χ4n) is 5.00. The predicted molar refractivity (Wildman–Crippen MR) is 142 cm³/mol. The molecule has 0 saturated carbocycles. The van der Waals surface area contributed by atoms with Gasteiger partial charge in [0, 0.05) is 56.8 Å². The first-order valence-corrected chi connectivity index (χ1v) is 12.3. The average Bonchev–Trinajstić information content (AvgIpc) is 3.19. The molecular formula is C24H36IN5S. The van der Waals surface area contributed by atoms with Crippen LogP contribution in [0.25, 0.3) is 0 Å². The van der Waals surface area contributed by atoms with Gasteiger partial charge in [0.15, 0.2) is 5.96 Å². The maximum Gasteiger partial charge on any atom is 0.193 e. The van der Waals surface area contributed by atoms with Gasteiger partial charge in [0.1, 0.15) is 0 Å². The number of thiazole rings is 1. The number of aryl methyl sites for hydroxylation is 2. The fourth-order valence-corrected chi connectivity index (χ4v) is 5.82. The first-order valence-electron chi connectivity index (χ1n) is 11.4. The summed E-state index contributed by atoms with van der Waals surface area (Å²) in [6.45, 7) is 7.57. The Bertz CT molecular complexity index is 824. The smallest absolute Gasteiger partial charge is 0.193 e. The van der Waals surface area contributed by atoms with E-state index in [0.717, 1.165) is 56.6 Å². The lowest BCUT2D eigenvalue weighted by atomic mass is 9.83. The van der Waals surface area contributed by atoms with Crippen LogP contribution in [0.3, 0.4) is 0 Å². The number of fused-ring (bicyclic) bond motifs is 1. The number of nitrogens with zero attached hydrogens (tertiary/aromatic N) is 4. The molecule has 5 nitrogen and oxygen atoms in total. The third kappa shape index (κ3) is 6.65. The molecule has 1 aromatic heterocycles. The van der Waals surface area contributed by atoms with E-state index in [1.165, 1.54) is 36.4 Å². The Morgan fingerprint density at radius 1 is 1.23 bits per heavy atom. The molecule has 31 heavy (non-hydrogen) atoms. The molecule has 0 spiro atoms. The lowest BCUT2D eigenvalue weighted by Crippen LogP contribution is -2.56. The third-order valence-corrected chi connectivity index (χ3v) is 7.47. The molecule has 170 valence electrons. The van der Waals surface area contributed by atoms with E-state index in [2.05, 4.69) is 67.7 Å². The summed E-state index contributed by atoms with van der Waals surface area (Å²) in [5, 5.41) is 6.98. The molecular weight excluding hydrogens is 517 g/mol. The van der Waals surface area contributed by atoms with Crippen molar-refractivity contribution in [3.05, 3.63) is 52.0 Å². The highest BCUT2D eigenvalue weighted by atomic mass is 127. The van der Waals surface area contributed by atoms with E-state index in [1.54, 1.807) is 11.3 Å². The number of nitrogens with one attached hydrogen (secondary N) is 1. The standard InChI is InChI=1S/C24H35N5S.HI/c1-19-18-30-23(27-19)11-6-13-26-24(25-2)29-15-12-22-21(17-29)10-7-14-28(22)16-20-8-4-3-5-9-20;/h3-5,8-9,18,21-22H,6-7,10-17H2,1-2H3,(H,25,26);1H. The molecule has 2 aliphatic heterocycles. The molecule has 0 radical (unpaired) electrons. The van der Waals surface area contributed by atoms with Gasteiger partial charge in [-0.1, -0.05) is 30.3 Å². The van der Waals surface area contributed by atoms with E-state index in [9.17, 15) is 0 Å². The molecule has 2 unspecified atom stereocenters. The minimum absolute atomic E-state index is 0. The Labute approximate surface area is 208 Å².